The van der Waals surface area contributed by atoms with Gasteiger partial charge in [0.15, 0.2) is 0 Å². The fraction of sp³-hybridized carbons (Fsp3) is 0.212. The lowest BCUT2D eigenvalue weighted by atomic mass is 10.1. The van der Waals surface area contributed by atoms with Crippen molar-refractivity contribution < 1.29 is 13.9 Å². The van der Waals surface area contributed by atoms with Crippen LogP contribution in [0.1, 0.15) is 21.6 Å². The highest BCUT2D eigenvalue weighted by Gasteiger charge is 2.26. The summed E-state index contributed by atoms with van der Waals surface area (Å²) in [7, 11) is 1.67. The molecular formula is C33H31FN4O2. The molecule has 0 radical (unpaired) electrons. The number of benzene rings is 3. The predicted octanol–water partition coefficient (Wildman–Crippen LogP) is 6.08. The Hall–Kier alpha value is -4.49. The number of methoxy groups -OCH3 is 1. The van der Waals surface area contributed by atoms with Crippen LogP contribution in [0.4, 0.5) is 4.39 Å². The molecule has 0 bridgehead atoms. The van der Waals surface area contributed by atoms with Crippen molar-refractivity contribution in [3.63, 3.8) is 0 Å². The minimum absolute atomic E-state index is 0.127. The molecule has 0 N–H and O–H groups in total. The van der Waals surface area contributed by atoms with Crippen LogP contribution < -0.4 is 4.74 Å². The molecule has 3 heterocycles. The standard InChI is InChI=1S/C33H31FN4O2/c1-23-7-5-8-24(19-23)26-13-14-31-35-32(25-9-6-10-27(20-25)40-2)30(38(31)21-26)22-36-15-17-37(18-16-36)33(39)28-11-3-4-12-29(28)34/h3-14,19-21H,15-18,22H2,1-2H3. The fourth-order valence-corrected chi connectivity index (χ4v) is 5.37. The average Bonchev–Trinajstić information content (AvgIpc) is 3.35. The van der Waals surface area contributed by atoms with Gasteiger partial charge in [0.2, 0.25) is 0 Å². The zero-order valence-electron chi connectivity index (χ0n) is 22.7. The molecular weight excluding hydrogens is 503 g/mol. The monoisotopic (exact) mass is 534 g/mol. The molecule has 1 amide bonds. The molecule has 0 saturated carbocycles. The Morgan fingerprint density at radius 1 is 0.875 bits per heavy atom. The first-order chi connectivity index (χ1) is 19.5. The van der Waals surface area contributed by atoms with Crippen LogP contribution in [0, 0.1) is 12.7 Å². The highest BCUT2D eigenvalue weighted by molar-refractivity contribution is 5.94. The SMILES string of the molecule is COc1cccc(-c2nc3ccc(-c4cccc(C)c4)cn3c2CN2CCN(C(=O)c3ccccc3F)CC2)c1. The van der Waals surface area contributed by atoms with Gasteiger partial charge in [0, 0.05) is 44.5 Å². The number of imidazole rings is 1. The van der Waals surface area contributed by atoms with Gasteiger partial charge in [0.05, 0.1) is 24.1 Å². The molecule has 5 aromatic rings. The van der Waals surface area contributed by atoms with E-state index in [2.05, 4.69) is 64.9 Å². The largest absolute Gasteiger partial charge is 0.497 e. The van der Waals surface area contributed by atoms with E-state index in [4.69, 9.17) is 9.72 Å². The zero-order chi connectivity index (χ0) is 27.6. The summed E-state index contributed by atoms with van der Waals surface area (Å²) >= 11 is 0. The molecule has 6 nitrogen and oxygen atoms in total. The molecule has 1 aliphatic heterocycles. The van der Waals surface area contributed by atoms with Crippen molar-refractivity contribution in [2.75, 3.05) is 33.3 Å². The van der Waals surface area contributed by atoms with E-state index in [0.717, 1.165) is 39.5 Å². The summed E-state index contributed by atoms with van der Waals surface area (Å²) in [4.78, 5) is 22.1. The molecule has 0 atom stereocenters. The van der Waals surface area contributed by atoms with Crippen LogP contribution in [-0.4, -0.2) is 58.4 Å². The smallest absolute Gasteiger partial charge is 0.256 e. The van der Waals surface area contributed by atoms with Gasteiger partial charge in [-0.3, -0.25) is 9.69 Å². The number of piperazine rings is 1. The van der Waals surface area contributed by atoms with E-state index >= 15 is 0 Å². The number of halogens is 1. The molecule has 7 heteroatoms. The van der Waals surface area contributed by atoms with Crippen LogP contribution in [0.5, 0.6) is 5.75 Å². The number of carbonyl (C=O) groups excluding carboxylic acids is 1. The summed E-state index contributed by atoms with van der Waals surface area (Å²) in [5.41, 5.74) is 7.46. The number of nitrogens with zero attached hydrogens (tertiary/aromatic N) is 4. The zero-order valence-corrected chi connectivity index (χ0v) is 22.7. The van der Waals surface area contributed by atoms with E-state index < -0.39 is 5.82 Å². The summed E-state index contributed by atoms with van der Waals surface area (Å²) in [6, 6.07) is 26.8. The Bertz CT molecular complexity index is 1690. The van der Waals surface area contributed by atoms with Crippen molar-refractivity contribution in [2.45, 2.75) is 13.5 Å². The molecule has 40 heavy (non-hydrogen) atoms. The number of hydrogen-bond acceptors (Lipinski definition) is 4. The second-order valence-corrected chi connectivity index (χ2v) is 10.2. The molecule has 2 aromatic heterocycles. The minimum Gasteiger partial charge on any atom is -0.497 e. The van der Waals surface area contributed by atoms with Crippen LogP contribution >= 0.6 is 0 Å². The molecule has 1 fully saturated rings. The summed E-state index contributed by atoms with van der Waals surface area (Å²) in [5.74, 6) is 0.0432. The normalized spacial score (nSPS) is 14.0. The van der Waals surface area contributed by atoms with Crippen LogP contribution in [0.3, 0.4) is 0 Å². The van der Waals surface area contributed by atoms with Crippen molar-refractivity contribution in [3.8, 4) is 28.1 Å². The van der Waals surface area contributed by atoms with E-state index in [-0.39, 0.29) is 11.5 Å². The van der Waals surface area contributed by atoms with Crippen molar-refractivity contribution in [1.29, 1.82) is 0 Å². The van der Waals surface area contributed by atoms with Gasteiger partial charge in [-0.25, -0.2) is 9.37 Å². The minimum atomic E-state index is -0.479. The molecule has 6 rings (SSSR count). The van der Waals surface area contributed by atoms with E-state index in [0.29, 0.717) is 32.7 Å². The van der Waals surface area contributed by atoms with Gasteiger partial charge < -0.3 is 14.0 Å². The maximum atomic E-state index is 14.2. The number of rotatable bonds is 6. The topological polar surface area (TPSA) is 50.1 Å². The predicted molar refractivity (Wildman–Crippen MR) is 155 cm³/mol. The average molecular weight is 535 g/mol. The van der Waals surface area contributed by atoms with E-state index in [1.807, 2.05) is 18.2 Å². The number of aromatic nitrogens is 2. The number of hydrogen-bond donors (Lipinski definition) is 0. The highest BCUT2D eigenvalue weighted by atomic mass is 19.1. The van der Waals surface area contributed by atoms with Crippen LogP contribution in [0.25, 0.3) is 28.0 Å². The van der Waals surface area contributed by atoms with Crippen LogP contribution in [-0.2, 0) is 6.54 Å². The lowest BCUT2D eigenvalue weighted by Gasteiger charge is -2.34. The maximum absolute atomic E-state index is 14.2. The summed E-state index contributed by atoms with van der Waals surface area (Å²) in [6.45, 7) is 5.19. The Morgan fingerprint density at radius 2 is 1.65 bits per heavy atom. The number of aryl methyl sites for hydroxylation is 1. The second-order valence-electron chi connectivity index (χ2n) is 10.2. The Labute approximate surface area is 233 Å². The molecule has 1 saturated heterocycles. The summed E-state index contributed by atoms with van der Waals surface area (Å²) < 4.78 is 21.9. The van der Waals surface area contributed by atoms with Gasteiger partial charge in [-0.05, 0) is 54.4 Å². The fourth-order valence-electron chi connectivity index (χ4n) is 5.37. The van der Waals surface area contributed by atoms with Gasteiger partial charge in [-0.15, -0.1) is 0 Å². The summed E-state index contributed by atoms with van der Waals surface area (Å²) in [5, 5.41) is 0. The Kier molecular flexibility index (Phi) is 7.05. The lowest BCUT2D eigenvalue weighted by Crippen LogP contribution is -2.48. The molecule has 0 aliphatic carbocycles. The Balaban J connectivity index is 1.32. The lowest BCUT2D eigenvalue weighted by molar-refractivity contribution is 0.0622. The van der Waals surface area contributed by atoms with Crippen LogP contribution in [0.2, 0.25) is 0 Å². The van der Waals surface area contributed by atoms with Crippen molar-refractivity contribution in [1.82, 2.24) is 19.2 Å². The third-order valence-corrected chi connectivity index (χ3v) is 7.55. The first-order valence-electron chi connectivity index (χ1n) is 13.5. The molecule has 3 aromatic carbocycles. The van der Waals surface area contributed by atoms with Gasteiger partial charge in [-0.1, -0.05) is 54.1 Å². The number of carbonyl (C=O) groups is 1. The van der Waals surface area contributed by atoms with Gasteiger partial charge in [0.1, 0.15) is 17.2 Å². The van der Waals surface area contributed by atoms with Crippen molar-refractivity contribution in [2.24, 2.45) is 0 Å². The van der Waals surface area contributed by atoms with Crippen molar-refractivity contribution >= 4 is 11.6 Å². The quantitative estimate of drug-likeness (QED) is 0.265. The molecule has 0 unspecified atom stereocenters. The number of fused-ring (bicyclic) bond motifs is 1. The highest BCUT2D eigenvalue weighted by Crippen LogP contribution is 2.31. The molecule has 202 valence electrons. The molecule has 0 spiro atoms. The number of amides is 1. The van der Waals surface area contributed by atoms with Gasteiger partial charge in [0.25, 0.3) is 5.91 Å². The first-order valence-corrected chi connectivity index (χ1v) is 13.5. The first kappa shape index (κ1) is 25.8. The number of ether oxygens (including phenoxy) is 1. The number of pyridine rings is 1. The summed E-state index contributed by atoms with van der Waals surface area (Å²) in [6.07, 6.45) is 2.16. The van der Waals surface area contributed by atoms with E-state index in [1.165, 1.54) is 11.6 Å². The van der Waals surface area contributed by atoms with Gasteiger partial charge >= 0.3 is 0 Å². The van der Waals surface area contributed by atoms with Gasteiger partial charge in [-0.2, -0.15) is 0 Å². The Morgan fingerprint density at radius 3 is 2.42 bits per heavy atom. The molecule has 1 aliphatic rings. The van der Waals surface area contributed by atoms with Crippen LogP contribution in [0.15, 0.2) is 91.1 Å². The second kappa shape index (κ2) is 10.9. The van der Waals surface area contributed by atoms with E-state index in [9.17, 15) is 9.18 Å². The third-order valence-electron chi connectivity index (χ3n) is 7.55. The third kappa shape index (κ3) is 5.08. The van der Waals surface area contributed by atoms with Crippen molar-refractivity contribution in [3.05, 3.63) is 114 Å². The maximum Gasteiger partial charge on any atom is 0.256 e. The van der Waals surface area contributed by atoms with E-state index in [1.54, 1.807) is 30.2 Å².